The van der Waals surface area contributed by atoms with E-state index in [4.69, 9.17) is 31.9 Å². The lowest BCUT2D eigenvalue weighted by atomic mass is 9.97. The maximum absolute atomic E-state index is 12.2. The monoisotopic (exact) mass is 554 g/mol. The second-order valence-electron chi connectivity index (χ2n) is 6.35. The molecule has 1 saturated heterocycles. The molecule has 0 bridgehead atoms. The molecule has 186 valence electrons. The molecule has 2 heterocycles. The van der Waals surface area contributed by atoms with Crippen molar-refractivity contribution in [2.75, 3.05) is 5.73 Å². The zero-order valence-corrected chi connectivity index (χ0v) is 20.0. The van der Waals surface area contributed by atoms with E-state index in [2.05, 4.69) is 35.0 Å². The lowest BCUT2D eigenvalue weighted by molar-refractivity contribution is -0.0751. The highest BCUT2D eigenvalue weighted by Gasteiger charge is 2.58. The number of nitrogens with zero attached hydrogens (tertiary/aromatic N) is 3. The summed E-state index contributed by atoms with van der Waals surface area (Å²) in [6.07, 6.45) is -5.72. The van der Waals surface area contributed by atoms with Gasteiger partial charge in [-0.2, -0.15) is 13.6 Å². The Kier molecular flexibility index (Phi) is 8.33. The predicted octanol–water partition coefficient (Wildman–Crippen LogP) is -0.789. The Hall–Kier alpha value is -1.21. The average Bonchev–Trinajstić information content (AvgIpc) is 2.83. The van der Waals surface area contributed by atoms with Crippen LogP contribution in [0, 0.1) is 11.8 Å². The van der Waals surface area contributed by atoms with Crippen LogP contribution < -0.4 is 11.4 Å². The van der Waals surface area contributed by atoms with Crippen LogP contribution in [0.4, 0.5) is 5.95 Å². The minimum absolute atomic E-state index is 0.367. The molecule has 0 amide bonds. The van der Waals surface area contributed by atoms with Gasteiger partial charge >= 0.3 is 29.2 Å². The van der Waals surface area contributed by atoms with E-state index in [1.807, 2.05) is 0 Å². The first kappa shape index (κ1) is 28.0. The van der Waals surface area contributed by atoms with Gasteiger partial charge in [0.2, 0.25) is 5.95 Å². The molecular weight excluding hydrogens is 537 g/mol. The van der Waals surface area contributed by atoms with Gasteiger partial charge in [0.15, 0.2) is 11.1 Å². The molecule has 17 nitrogen and oxygen atoms in total. The number of phosphoric ester groups is 1. The Morgan fingerprint density at radius 1 is 1.27 bits per heavy atom. The first-order chi connectivity index (χ1) is 14.9. The highest BCUT2D eigenvalue weighted by atomic mass is 35.5. The molecule has 1 aliphatic rings. The summed E-state index contributed by atoms with van der Waals surface area (Å²) in [7, 11) is -16.9. The van der Waals surface area contributed by atoms with Crippen molar-refractivity contribution in [1.29, 1.82) is 0 Å². The Morgan fingerprint density at radius 2 is 1.88 bits per heavy atom. The number of nitrogen functional groups attached to an aromatic ring is 1. The molecule has 0 spiro atoms. The Bertz CT molecular complexity index is 1160. The Labute approximate surface area is 189 Å². The Morgan fingerprint density at radius 3 is 2.39 bits per heavy atom. The van der Waals surface area contributed by atoms with Gasteiger partial charge in [-0.1, -0.05) is 17.5 Å². The van der Waals surface area contributed by atoms with Gasteiger partial charge in [0.05, 0.1) is 6.10 Å². The van der Waals surface area contributed by atoms with Gasteiger partial charge in [0.1, 0.15) is 18.5 Å². The SMILES string of the molecule is CC#CC1(Cl)C(O)[C@@H]([C@H](C)OP(=O)(O)OP(=O)(O)OP(=O)(O)O)O[C@H]1n1cnc(N)nc1=O. The van der Waals surface area contributed by atoms with E-state index in [1.165, 1.54) is 6.92 Å². The third kappa shape index (κ3) is 6.91. The van der Waals surface area contributed by atoms with Crippen molar-refractivity contribution in [3.63, 3.8) is 0 Å². The molecule has 1 aliphatic heterocycles. The first-order valence-electron chi connectivity index (χ1n) is 8.40. The summed E-state index contributed by atoms with van der Waals surface area (Å²) in [5, 5.41) is 10.7. The predicted molar refractivity (Wildman–Crippen MR) is 107 cm³/mol. The number of aromatic nitrogens is 3. The molecule has 21 heteroatoms. The molecule has 4 unspecified atom stereocenters. The maximum Gasteiger partial charge on any atom is 0.490 e. The van der Waals surface area contributed by atoms with E-state index in [0.717, 1.165) is 17.8 Å². The average molecular weight is 555 g/mol. The highest BCUT2D eigenvalue weighted by Crippen LogP contribution is 2.66. The quantitative estimate of drug-likeness (QED) is 0.130. The lowest BCUT2D eigenvalue weighted by Crippen LogP contribution is -2.45. The van der Waals surface area contributed by atoms with Crippen LogP contribution in [-0.4, -0.2) is 62.4 Å². The van der Waals surface area contributed by atoms with Gasteiger partial charge in [0, 0.05) is 0 Å². The maximum atomic E-state index is 12.2. The summed E-state index contributed by atoms with van der Waals surface area (Å²) in [5.41, 5.74) is 4.35. The first-order valence-corrected chi connectivity index (χ1v) is 13.3. The van der Waals surface area contributed by atoms with Gasteiger partial charge in [-0.15, -0.1) is 5.92 Å². The summed E-state index contributed by atoms with van der Waals surface area (Å²) >= 11 is 6.42. The fourth-order valence-electron chi connectivity index (χ4n) is 2.76. The summed E-state index contributed by atoms with van der Waals surface area (Å²) < 4.78 is 52.4. The largest absolute Gasteiger partial charge is 0.490 e. The number of ether oxygens (including phenoxy) is 1. The van der Waals surface area contributed by atoms with Crippen LogP contribution in [0.1, 0.15) is 20.1 Å². The van der Waals surface area contributed by atoms with Crippen LogP contribution in [0.5, 0.6) is 0 Å². The highest BCUT2D eigenvalue weighted by molar-refractivity contribution is 7.66. The van der Waals surface area contributed by atoms with Crippen LogP contribution in [0.15, 0.2) is 11.1 Å². The van der Waals surface area contributed by atoms with Gasteiger partial charge in [-0.25, -0.2) is 23.5 Å². The number of rotatable bonds is 8. The molecule has 0 aromatic carbocycles. The van der Waals surface area contributed by atoms with E-state index in [-0.39, 0.29) is 5.95 Å². The van der Waals surface area contributed by atoms with Crippen molar-refractivity contribution in [1.82, 2.24) is 14.5 Å². The number of phosphoric acid groups is 3. The number of anilines is 1. The van der Waals surface area contributed by atoms with Crippen molar-refractivity contribution in [3.05, 3.63) is 16.8 Å². The van der Waals surface area contributed by atoms with Crippen LogP contribution in [0.2, 0.25) is 0 Å². The summed E-state index contributed by atoms with van der Waals surface area (Å²) in [5.74, 6) is 4.53. The van der Waals surface area contributed by atoms with Crippen LogP contribution in [0.25, 0.3) is 0 Å². The lowest BCUT2D eigenvalue weighted by Gasteiger charge is -2.26. The molecule has 0 aliphatic carbocycles. The standard InChI is InChI=1S/C12H18ClN4O13P3/c1-3-4-12(13)8(18)7(27-9(12)17-5-15-10(14)16-11(17)19)6(2)28-32(23,24)30-33(25,26)29-31(20,21)22/h5-9,18H,1-2H3,(H,23,24)(H,25,26)(H2,14,16,19)(H2,20,21,22)/t6-,7+,8?,9+,12?/m0/s1. The van der Waals surface area contributed by atoms with Gasteiger partial charge in [-0.05, 0) is 13.8 Å². The fraction of sp³-hybridized carbons (Fsp3) is 0.583. The van der Waals surface area contributed by atoms with Crippen molar-refractivity contribution >= 4 is 41.0 Å². The molecule has 7 atom stereocenters. The second-order valence-corrected chi connectivity index (χ2v) is 11.3. The van der Waals surface area contributed by atoms with Gasteiger partial charge in [-0.3, -0.25) is 9.09 Å². The summed E-state index contributed by atoms with van der Waals surface area (Å²) in [4.78, 5) is 53.3. The van der Waals surface area contributed by atoms with E-state index in [0.29, 0.717) is 0 Å². The molecular formula is C12H18ClN4O13P3. The fourth-order valence-corrected chi connectivity index (χ4v) is 6.33. The number of hydrogen-bond donors (Lipinski definition) is 6. The molecule has 1 aromatic heterocycles. The van der Waals surface area contributed by atoms with E-state index in [1.54, 1.807) is 0 Å². The zero-order valence-electron chi connectivity index (χ0n) is 16.5. The van der Waals surface area contributed by atoms with Crippen molar-refractivity contribution in [2.45, 2.75) is 43.3 Å². The molecule has 7 N–H and O–H groups in total. The minimum Gasteiger partial charge on any atom is -0.387 e. The summed E-state index contributed by atoms with van der Waals surface area (Å²) in [6.45, 7) is 2.41. The third-order valence-corrected chi connectivity index (χ3v) is 8.31. The topological polar surface area (TPSA) is 263 Å². The van der Waals surface area contributed by atoms with Crippen LogP contribution in [0.3, 0.4) is 0 Å². The molecule has 0 radical (unpaired) electrons. The second kappa shape index (κ2) is 9.80. The van der Waals surface area contributed by atoms with E-state index < -0.39 is 58.6 Å². The number of hydrogen-bond acceptors (Lipinski definition) is 12. The number of aliphatic hydroxyl groups is 1. The minimum atomic E-state index is -5.77. The Balaban J connectivity index is 2.31. The molecule has 1 fully saturated rings. The molecule has 1 aromatic rings. The normalized spacial score (nSPS) is 30.0. The van der Waals surface area contributed by atoms with Crippen LogP contribution >= 0.6 is 35.1 Å². The zero-order chi connectivity index (χ0) is 25.4. The van der Waals surface area contributed by atoms with Crippen molar-refractivity contribution in [3.8, 4) is 11.8 Å². The molecule has 2 rings (SSSR count). The number of nitrogens with two attached hydrogens (primary N) is 1. The number of halogens is 1. The van der Waals surface area contributed by atoms with Gasteiger partial charge in [0.25, 0.3) is 0 Å². The number of alkyl halides is 1. The smallest absolute Gasteiger partial charge is 0.387 e. The van der Waals surface area contributed by atoms with Gasteiger partial charge < -0.3 is 35.2 Å². The van der Waals surface area contributed by atoms with E-state index >= 15 is 0 Å². The molecule has 0 saturated carbocycles. The van der Waals surface area contributed by atoms with Crippen molar-refractivity contribution in [2.24, 2.45) is 0 Å². The third-order valence-electron chi connectivity index (χ3n) is 3.88. The van der Waals surface area contributed by atoms with Crippen molar-refractivity contribution < 1.29 is 56.3 Å². The van der Waals surface area contributed by atoms with Crippen LogP contribution in [-0.2, 0) is 31.6 Å². The number of aliphatic hydroxyl groups excluding tert-OH is 1. The van der Waals surface area contributed by atoms with E-state index in [9.17, 15) is 33.4 Å². The molecule has 33 heavy (non-hydrogen) atoms. The summed E-state index contributed by atoms with van der Waals surface area (Å²) in [6, 6.07) is 0.